The van der Waals surface area contributed by atoms with Crippen molar-refractivity contribution < 1.29 is 45.8 Å². The molecule has 2 aliphatic rings. The van der Waals surface area contributed by atoms with E-state index in [-0.39, 0.29) is 30.9 Å². The number of aromatic nitrogens is 4. The zero-order valence-corrected chi connectivity index (χ0v) is 27.5. The van der Waals surface area contributed by atoms with Gasteiger partial charge < -0.3 is 14.7 Å². The molecule has 1 saturated carbocycles. The Morgan fingerprint density at radius 3 is 2.18 bits per heavy atom. The van der Waals surface area contributed by atoms with E-state index in [1.165, 1.54) is 11.8 Å². The third-order valence-electron chi connectivity index (χ3n) is 9.35. The Kier molecular flexibility index (Phi) is 10.2. The number of aryl methyl sites for hydroxylation is 2. The molecule has 1 aromatic carbocycles. The Labute approximate surface area is 279 Å². The summed E-state index contributed by atoms with van der Waals surface area (Å²) < 4.78 is 88.8. The molecule has 49 heavy (non-hydrogen) atoms. The van der Waals surface area contributed by atoms with Crippen LogP contribution in [0, 0.1) is 18.8 Å². The van der Waals surface area contributed by atoms with Gasteiger partial charge in [0, 0.05) is 38.3 Å². The molecule has 2 atom stereocenters. The SMILES string of the molecule is CCN(CC1CCC(CC(=O)O)CC1)c1ncc(-c2cn(C)nc2C)nc1CN1C(=O)OC(c2cc(C(F)(F)F)cc(C(F)(F)F)c2)[C@@H]1C. The van der Waals surface area contributed by atoms with Crippen LogP contribution in [-0.2, 0) is 35.5 Å². The summed E-state index contributed by atoms with van der Waals surface area (Å²) in [6.45, 7) is 6.18. The average molecular weight is 697 g/mol. The third-order valence-corrected chi connectivity index (χ3v) is 9.35. The van der Waals surface area contributed by atoms with E-state index in [9.17, 15) is 41.0 Å². The first kappa shape index (κ1) is 35.9. The van der Waals surface area contributed by atoms with Crippen molar-refractivity contribution in [2.75, 3.05) is 18.0 Å². The number of halogens is 6. The molecule has 2 aromatic heterocycles. The van der Waals surface area contributed by atoms with E-state index in [0.29, 0.717) is 53.7 Å². The Bertz CT molecular complexity index is 1650. The highest BCUT2D eigenvalue weighted by molar-refractivity contribution is 5.72. The fraction of sp³-hybridized carbons (Fsp3) is 0.545. The van der Waals surface area contributed by atoms with Crippen LogP contribution in [-0.4, -0.2) is 60.9 Å². The van der Waals surface area contributed by atoms with Gasteiger partial charge in [-0.3, -0.25) is 14.4 Å². The maximum absolute atomic E-state index is 13.6. The average Bonchev–Trinajstić information content (AvgIpc) is 3.51. The topological polar surface area (TPSA) is 114 Å². The largest absolute Gasteiger partial charge is 0.481 e. The molecule has 1 amide bonds. The van der Waals surface area contributed by atoms with Crippen LogP contribution in [0.5, 0.6) is 0 Å². The molecule has 0 bridgehead atoms. The first-order chi connectivity index (χ1) is 22.9. The number of carbonyl (C=O) groups excluding carboxylic acids is 1. The van der Waals surface area contributed by atoms with Gasteiger partial charge in [-0.1, -0.05) is 0 Å². The molecule has 266 valence electrons. The Morgan fingerprint density at radius 2 is 1.65 bits per heavy atom. The van der Waals surface area contributed by atoms with Crippen LogP contribution in [0.2, 0.25) is 0 Å². The van der Waals surface area contributed by atoms with Crippen molar-refractivity contribution >= 4 is 17.9 Å². The van der Waals surface area contributed by atoms with E-state index in [1.807, 2.05) is 11.8 Å². The molecule has 1 aliphatic carbocycles. The van der Waals surface area contributed by atoms with Crippen LogP contribution in [0.3, 0.4) is 0 Å². The second-order valence-corrected chi connectivity index (χ2v) is 12.9. The lowest BCUT2D eigenvalue weighted by molar-refractivity contribution is -0.143. The number of aliphatic carboxylic acids is 1. The number of benzene rings is 1. The van der Waals surface area contributed by atoms with Crippen molar-refractivity contribution in [3.8, 4) is 11.3 Å². The van der Waals surface area contributed by atoms with Crippen LogP contribution in [0.25, 0.3) is 11.3 Å². The number of anilines is 1. The van der Waals surface area contributed by atoms with Crippen molar-refractivity contribution in [3.63, 3.8) is 0 Å². The number of alkyl halides is 6. The fourth-order valence-corrected chi connectivity index (χ4v) is 6.78. The minimum Gasteiger partial charge on any atom is -0.481 e. The number of carboxylic acids is 1. The van der Waals surface area contributed by atoms with Crippen molar-refractivity contribution in [2.45, 2.75) is 83.9 Å². The summed E-state index contributed by atoms with van der Waals surface area (Å²) >= 11 is 0. The Balaban J connectivity index is 1.46. The van der Waals surface area contributed by atoms with Crippen LogP contribution in [0.1, 0.15) is 80.1 Å². The molecule has 0 spiro atoms. The number of nitrogens with zero attached hydrogens (tertiary/aromatic N) is 6. The number of hydrogen-bond donors (Lipinski definition) is 1. The monoisotopic (exact) mass is 696 g/mol. The minimum absolute atomic E-state index is 0.0362. The molecule has 1 N–H and O–H groups in total. The third kappa shape index (κ3) is 8.10. The van der Waals surface area contributed by atoms with E-state index in [4.69, 9.17) is 14.7 Å². The molecule has 1 aliphatic heterocycles. The molecule has 3 aromatic rings. The summed E-state index contributed by atoms with van der Waals surface area (Å²) in [5, 5.41) is 13.6. The van der Waals surface area contributed by atoms with Gasteiger partial charge in [0.1, 0.15) is 11.8 Å². The number of carboxylic acid groups (broad SMARTS) is 1. The zero-order chi connectivity index (χ0) is 35.8. The normalized spacial score (nSPS) is 21.6. The van der Waals surface area contributed by atoms with Gasteiger partial charge in [0.05, 0.1) is 41.3 Å². The van der Waals surface area contributed by atoms with Gasteiger partial charge in [0.25, 0.3) is 0 Å². The standard InChI is InChI=1S/C33H38F6N6O4/c1-5-44(15-21-8-6-20(7-9-21)10-28(46)47)30-27(41-26(14-40-30)25-16-43(4)42-18(25)2)17-45-19(3)29(49-31(45)48)22-11-23(32(34,35)36)13-24(12-22)33(37,38)39/h11-14,16,19-21,29H,5-10,15,17H2,1-4H3,(H,46,47)/t19-,20?,21?,29?/m0/s1. The van der Waals surface area contributed by atoms with Gasteiger partial charge in [-0.2, -0.15) is 31.4 Å². The number of carbonyl (C=O) groups is 2. The van der Waals surface area contributed by atoms with Gasteiger partial charge in [-0.05, 0) is 82.1 Å². The minimum atomic E-state index is -5.06. The number of ether oxygens (including phenoxy) is 1. The lowest BCUT2D eigenvalue weighted by Gasteiger charge is -2.33. The number of rotatable bonds is 10. The highest BCUT2D eigenvalue weighted by Crippen LogP contribution is 2.41. The summed E-state index contributed by atoms with van der Waals surface area (Å²) in [6.07, 6.45) is -5.71. The highest BCUT2D eigenvalue weighted by atomic mass is 19.4. The molecule has 10 nitrogen and oxygen atoms in total. The second-order valence-electron chi connectivity index (χ2n) is 12.9. The highest BCUT2D eigenvalue weighted by Gasteiger charge is 2.44. The summed E-state index contributed by atoms with van der Waals surface area (Å²) in [5.41, 5.74) is -1.21. The van der Waals surface area contributed by atoms with E-state index < -0.39 is 53.3 Å². The van der Waals surface area contributed by atoms with Crippen LogP contribution in [0.4, 0.5) is 37.0 Å². The summed E-state index contributed by atoms with van der Waals surface area (Å²) in [6, 6.07) is 0.229. The van der Waals surface area contributed by atoms with E-state index in [1.54, 1.807) is 31.0 Å². The molecule has 16 heteroatoms. The number of cyclic esters (lactones) is 1. The molecule has 3 heterocycles. The number of hydrogen-bond acceptors (Lipinski definition) is 7. The predicted molar refractivity (Wildman–Crippen MR) is 165 cm³/mol. The smallest absolute Gasteiger partial charge is 0.416 e. The maximum Gasteiger partial charge on any atom is 0.416 e. The van der Waals surface area contributed by atoms with Crippen molar-refractivity contribution in [1.82, 2.24) is 24.6 Å². The summed E-state index contributed by atoms with van der Waals surface area (Å²) in [7, 11) is 1.75. The molecule has 0 radical (unpaired) electrons. The van der Waals surface area contributed by atoms with Gasteiger partial charge in [-0.25, -0.2) is 14.8 Å². The van der Waals surface area contributed by atoms with Gasteiger partial charge in [0.15, 0.2) is 5.82 Å². The molecule has 1 saturated heterocycles. The van der Waals surface area contributed by atoms with Gasteiger partial charge >= 0.3 is 24.4 Å². The quantitative estimate of drug-likeness (QED) is 0.218. The van der Waals surface area contributed by atoms with Gasteiger partial charge in [-0.15, -0.1) is 0 Å². The number of amides is 1. The van der Waals surface area contributed by atoms with E-state index in [0.717, 1.165) is 25.7 Å². The van der Waals surface area contributed by atoms with Crippen molar-refractivity contribution in [3.05, 3.63) is 58.7 Å². The second kappa shape index (κ2) is 13.9. The van der Waals surface area contributed by atoms with E-state index >= 15 is 0 Å². The zero-order valence-electron chi connectivity index (χ0n) is 27.5. The Morgan fingerprint density at radius 1 is 1.04 bits per heavy atom. The first-order valence-corrected chi connectivity index (χ1v) is 16.0. The van der Waals surface area contributed by atoms with Crippen LogP contribution < -0.4 is 4.90 Å². The van der Waals surface area contributed by atoms with E-state index in [2.05, 4.69) is 5.10 Å². The van der Waals surface area contributed by atoms with Crippen molar-refractivity contribution in [1.29, 1.82) is 0 Å². The lowest BCUT2D eigenvalue weighted by atomic mass is 9.80. The molecule has 1 unspecified atom stereocenters. The lowest BCUT2D eigenvalue weighted by Crippen LogP contribution is -2.36. The first-order valence-electron chi connectivity index (χ1n) is 16.0. The van der Waals surface area contributed by atoms with Crippen LogP contribution >= 0.6 is 0 Å². The molecular formula is C33H38F6N6O4. The van der Waals surface area contributed by atoms with Crippen molar-refractivity contribution in [2.24, 2.45) is 18.9 Å². The summed E-state index contributed by atoms with van der Waals surface area (Å²) in [4.78, 5) is 37.4. The molecule has 2 fully saturated rings. The predicted octanol–water partition coefficient (Wildman–Crippen LogP) is 7.41. The molecule has 5 rings (SSSR count). The van der Waals surface area contributed by atoms with Crippen LogP contribution in [0.15, 0.2) is 30.6 Å². The maximum atomic E-state index is 13.6. The van der Waals surface area contributed by atoms with Gasteiger partial charge in [0.2, 0.25) is 0 Å². The Hall–Kier alpha value is -4.37. The summed E-state index contributed by atoms with van der Waals surface area (Å²) in [5.74, 6) is 0.0418. The fourth-order valence-electron chi connectivity index (χ4n) is 6.78. The molecular weight excluding hydrogens is 658 g/mol.